The summed E-state index contributed by atoms with van der Waals surface area (Å²) in [5.41, 5.74) is 3.00. The molecule has 0 bridgehead atoms. The van der Waals surface area contributed by atoms with E-state index in [1.807, 2.05) is 33.5 Å². The van der Waals surface area contributed by atoms with Gasteiger partial charge >= 0.3 is 0 Å². The molecule has 1 saturated carbocycles. The van der Waals surface area contributed by atoms with Crippen LogP contribution in [0.5, 0.6) is 0 Å². The van der Waals surface area contributed by atoms with Gasteiger partial charge in [0.05, 0.1) is 36.4 Å². The topological polar surface area (TPSA) is 78.7 Å². The number of nitrogens with one attached hydrogen (secondary N) is 1. The summed E-state index contributed by atoms with van der Waals surface area (Å²) in [6.07, 6.45) is 5.23. The zero-order chi connectivity index (χ0) is 22.9. The van der Waals surface area contributed by atoms with Crippen molar-refractivity contribution in [1.82, 2.24) is 24.8 Å². The average Bonchev–Trinajstić information content (AvgIpc) is 3.39. The number of fused-ring (bicyclic) bond motifs is 2. The molecule has 4 aliphatic rings. The molecule has 2 aromatic rings. The van der Waals surface area contributed by atoms with E-state index in [1.54, 1.807) is 12.5 Å². The molecule has 2 aromatic heterocycles. The number of halogens is 3. The highest BCUT2D eigenvalue weighted by Gasteiger charge is 2.71. The molecule has 11 heteroatoms. The predicted molar refractivity (Wildman–Crippen MR) is 118 cm³/mol. The fraction of sp³-hybridized carbons (Fsp3) is 0.545. The van der Waals surface area contributed by atoms with E-state index in [0.29, 0.717) is 37.3 Å². The minimum absolute atomic E-state index is 0.0926. The standard InChI is InChI=1S/C22H24ClF2N7O/c1-30-11-27-19-15(3-4-17(19)30)28-20(33)16-10-32(21(23)29-16)7-12-2-5-18(26-6-12)31-8-13-14(9-31)22(13,24)25/h2,5-6,11,13-16H,3-4,7-10H2,1H3,(H,28,33)/t13?,14?,15-,16?/m1/s1. The Balaban J connectivity index is 1.04. The van der Waals surface area contributed by atoms with Crippen LogP contribution in [0.4, 0.5) is 14.6 Å². The van der Waals surface area contributed by atoms with Gasteiger partial charge in [0.15, 0.2) is 5.29 Å². The summed E-state index contributed by atoms with van der Waals surface area (Å²) in [5, 5.41) is 3.37. The van der Waals surface area contributed by atoms with Crippen molar-refractivity contribution in [2.75, 3.05) is 24.5 Å². The number of pyridine rings is 1. The van der Waals surface area contributed by atoms with Gasteiger partial charge in [-0.2, -0.15) is 0 Å². The first-order valence-corrected chi connectivity index (χ1v) is 11.6. The number of carbonyl (C=O) groups is 1. The van der Waals surface area contributed by atoms with Crippen molar-refractivity contribution in [3.8, 4) is 0 Å². The normalized spacial score (nSPS) is 29.2. The number of carbonyl (C=O) groups excluding carboxylic acids is 1. The molecular weight excluding hydrogens is 452 g/mol. The molecule has 4 atom stereocenters. The number of anilines is 1. The molecule has 2 aliphatic heterocycles. The molecule has 6 rings (SSSR count). The van der Waals surface area contributed by atoms with Crippen LogP contribution in [-0.2, 0) is 24.8 Å². The number of aromatic nitrogens is 3. The molecule has 0 aromatic carbocycles. The lowest BCUT2D eigenvalue weighted by Gasteiger charge is -2.22. The van der Waals surface area contributed by atoms with Crippen LogP contribution in [0.25, 0.3) is 0 Å². The molecule has 8 nitrogen and oxygen atoms in total. The van der Waals surface area contributed by atoms with Gasteiger partial charge in [0.2, 0.25) is 5.91 Å². The van der Waals surface area contributed by atoms with Gasteiger partial charge in [-0.05, 0) is 36.1 Å². The molecule has 33 heavy (non-hydrogen) atoms. The number of hydrogen-bond acceptors (Lipinski definition) is 6. The van der Waals surface area contributed by atoms with E-state index >= 15 is 0 Å². The third-order valence-corrected chi connectivity index (χ3v) is 7.67. The van der Waals surface area contributed by atoms with E-state index in [1.165, 1.54) is 0 Å². The highest BCUT2D eigenvalue weighted by atomic mass is 35.5. The van der Waals surface area contributed by atoms with Gasteiger partial charge in [-0.1, -0.05) is 6.07 Å². The smallest absolute Gasteiger partial charge is 0.258 e. The third kappa shape index (κ3) is 3.46. The highest BCUT2D eigenvalue weighted by Crippen LogP contribution is 2.59. The molecular formula is C22H24ClF2N7O. The lowest BCUT2D eigenvalue weighted by Crippen LogP contribution is -2.39. The molecule has 0 spiro atoms. The van der Waals surface area contributed by atoms with Gasteiger partial charge in [0.1, 0.15) is 11.9 Å². The zero-order valence-corrected chi connectivity index (χ0v) is 18.8. The Morgan fingerprint density at radius 2 is 2.03 bits per heavy atom. The second-order valence-electron chi connectivity index (χ2n) is 9.40. The van der Waals surface area contributed by atoms with E-state index in [-0.39, 0.29) is 11.9 Å². The monoisotopic (exact) mass is 475 g/mol. The Morgan fingerprint density at radius 3 is 2.76 bits per heavy atom. The molecule has 1 N–H and O–H groups in total. The minimum atomic E-state index is -2.50. The first kappa shape index (κ1) is 20.8. The Hall–Kier alpha value is -2.75. The van der Waals surface area contributed by atoms with Crippen LogP contribution in [-0.4, -0.2) is 62.2 Å². The van der Waals surface area contributed by atoms with Gasteiger partial charge in [-0.15, -0.1) is 0 Å². The van der Waals surface area contributed by atoms with E-state index in [0.717, 1.165) is 29.8 Å². The lowest BCUT2D eigenvalue weighted by molar-refractivity contribution is -0.123. The summed E-state index contributed by atoms with van der Waals surface area (Å²) in [6, 6.07) is 3.11. The number of amidine groups is 1. The quantitative estimate of drug-likeness (QED) is 0.670. The minimum Gasteiger partial charge on any atom is -0.356 e. The largest absolute Gasteiger partial charge is 0.356 e. The Kier molecular flexibility index (Phi) is 4.66. The van der Waals surface area contributed by atoms with Crippen molar-refractivity contribution in [2.45, 2.75) is 37.4 Å². The van der Waals surface area contributed by atoms with Crippen molar-refractivity contribution < 1.29 is 13.6 Å². The number of rotatable bonds is 5. The van der Waals surface area contributed by atoms with Crippen LogP contribution in [0.3, 0.4) is 0 Å². The van der Waals surface area contributed by atoms with Gasteiger partial charge in [-0.3, -0.25) is 4.79 Å². The van der Waals surface area contributed by atoms with Crippen molar-refractivity contribution >= 4 is 28.6 Å². The number of imidazole rings is 1. The van der Waals surface area contributed by atoms with Crippen LogP contribution >= 0.6 is 11.6 Å². The highest BCUT2D eigenvalue weighted by molar-refractivity contribution is 6.64. The molecule has 2 fully saturated rings. The fourth-order valence-corrected chi connectivity index (χ4v) is 5.56. The van der Waals surface area contributed by atoms with E-state index in [2.05, 4.69) is 20.3 Å². The SMILES string of the molecule is Cn1cnc2c1CC[C@H]2NC(=O)C1CN(Cc2ccc(N3CC4C(C3)C4(F)F)nc2)C(Cl)=N1. The molecule has 1 saturated heterocycles. The van der Waals surface area contributed by atoms with Gasteiger partial charge < -0.3 is 19.7 Å². The zero-order valence-electron chi connectivity index (χ0n) is 18.1. The summed E-state index contributed by atoms with van der Waals surface area (Å²) in [7, 11) is 1.96. The summed E-state index contributed by atoms with van der Waals surface area (Å²) in [4.78, 5) is 29.8. The maximum Gasteiger partial charge on any atom is 0.258 e. The molecule has 0 radical (unpaired) electrons. The van der Waals surface area contributed by atoms with E-state index < -0.39 is 23.8 Å². The van der Waals surface area contributed by atoms with Crippen molar-refractivity contribution in [3.63, 3.8) is 0 Å². The number of aliphatic imine (C=N–C) groups is 1. The number of piperidine rings is 1. The molecule has 3 unspecified atom stereocenters. The van der Waals surface area contributed by atoms with E-state index in [9.17, 15) is 13.6 Å². The van der Waals surface area contributed by atoms with Crippen LogP contribution in [0, 0.1) is 11.8 Å². The van der Waals surface area contributed by atoms with Crippen LogP contribution in [0.1, 0.15) is 29.4 Å². The maximum atomic E-state index is 13.4. The summed E-state index contributed by atoms with van der Waals surface area (Å²) < 4.78 is 28.8. The predicted octanol–water partition coefficient (Wildman–Crippen LogP) is 2.10. The van der Waals surface area contributed by atoms with Crippen molar-refractivity contribution in [1.29, 1.82) is 0 Å². The fourth-order valence-electron chi connectivity index (χ4n) is 5.31. The maximum absolute atomic E-state index is 13.4. The van der Waals surface area contributed by atoms with Gasteiger partial charge in [-0.25, -0.2) is 23.7 Å². The number of hydrogen-bond donors (Lipinski definition) is 1. The number of nitrogens with zero attached hydrogens (tertiary/aromatic N) is 6. The Morgan fingerprint density at radius 1 is 1.24 bits per heavy atom. The second-order valence-corrected chi connectivity index (χ2v) is 9.74. The van der Waals surface area contributed by atoms with Crippen molar-refractivity contribution in [2.24, 2.45) is 23.9 Å². The lowest BCUT2D eigenvalue weighted by atomic mass is 10.2. The third-order valence-electron chi connectivity index (χ3n) is 7.33. The van der Waals surface area contributed by atoms with E-state index in [4.69, 9.17) is 11.6 Å². The summed E-state index contributed by atoms with van der Waals surface area (Å²) in [5.74, 6) is -3.00. The Bertz CT molecular complexity index is 1120. The molecule has 2 aliphatic carbocycles. The number of amides is 1. The van der Waals surface area contributed by atoms with Crippen LogP contribution < -0.4 is 10.2 Å². The molecule has 4 heterocycles. The average molecular weight is 476 g/mol. The van der Waals surface area contributed by atoms with Gasteiger partial charge in [0.25, 0.3) is 5.92 Å². The van der Waals surface area contributed by atoms with Gasteiger partial charge in [0, 0.05) is 38.6 Å². The van der Waals surface area contributed by atoms with Crippen molar-refractivity contribution in [3.05, 3.63) is 41.6 Å². The number of alkyl halides is 2. The second kappa shape index (κ2) is 7.38. The first-order chi connectivity index (χ1) is 15.8. The number of aryl methyl sites for hydroxylation is 1. The summed E-state index contributed by atoms with van der Waals surface area (Å²) >= 11 is 6.33. The van der Waals surface area contributed by atoms with Crippen LogP contribution in [0.15, 0.2) is 29.6 Å². The molecule has 1 amide bonds. The Labute approximate surface area is 194 Å². The molecule has 174 valence electrons. The van der Waals surface area contributed by atoms with Crippen LogP contribution in [0.2, 0.25) is 0 Å². The summed E-state index contributed by atoms with van der Waals surface area (Å²) in [6.45, 7) is 1.56. The first-order valence-electron chi connectivity index (χ1n) is 11.2.